The smallest absolute Gasteiger partial charge is 0.195 e. The van der Waals surface area contributed by atoms with Crippen LogP contribution in [-0.4, -0.2) is 24.4 Å². The van der Waals surface area contributed by atoms with Crippen molar-refractivity contribution in [3.8, 4) is 17.1 Å². The lowest BCUT2D eigenvalue weighted by atomic mass is 9.99. The van der Waals surface area contributed by atoms with Crippen LogP contribution in [0, 0.1) is 4.77 Å². The van der Waals surface area contributed by atoms with Crippen LogP contribution in [0.3, 0.4) is 0 Å². The van der Waals surface area contributed by atoms with E-state index >= 15 is 0 Å². The Kier molecular flexibility index (Phi) is 4.36. The quantitative estimate of drug-likeness (QED) is 0.493. The molecule has 138 valence electrons. The third-order valence-corrected chi connectivity index (χ3v) is 5.27. The number of hydrogen-bond donors (Lipinski definition) is 2. The molecule has 0 fully saturated rings. The van der Waals surface area contributed by atoms with Crippen molar-refractivity contribution in [1.29, 1.82) is 0 Å². The van der Waals surface area contributed by atoms with Gasteiger partial charge in [0.15, 0.2) is 10.6 Å². The zero-order valence-corrected chi connectivity index (χ0v) is 16.4. The molecule has 0 aliphatic rings. The highest BCUT2D eigenvalue weighted by molar-refractivity contribution is 7.71. The van der Waals surface area contributed by atoms with E-state index in [9.17, 15) is 5.11 Å². The number of aromatic amines is 1. The zero-order valence-electron chi connectivity index (χ0n) is 15.6. The second-order valence-electron chi connectivity index (χ2n) is 7.19. The lowest BCUT2D eigenvalue weighted by molar-refractivity contribution is 0.465. The molecule has 0 spiro atoms. The monoisotopic (exact) mass is 378 g/mol. The molecule has 0 radical (unpaired) electrons. The number of nitrogens with one attached hydrogen (secondary N) is 1. The summed E-state index contributed by atoms with van der Waals surface area (Å²) in [5.41, 5.74) is 4.20. The van der Waals surface area contributed by atoms with Crippen molar-refractivity contribution < 1.29 is 5.11 Å². The molecule has 0 saturated carbocycles. The highest BCUT2D eigenvalue weighted by Crippen LogP contribution is 2.30. The predicted molar refractivity (Wildman–Crippen MR) is 111 cm³/mol. The average Bonchev–Trinajstić information content (AvgIpc) is 3.19. The molecule has 0 saturated heterocycles. The molecule has 2 aromatic heterocycles. The number of hydrogen-bond acceptors (Lipinski definition) is 3. The van der Waals surface area contributed by atoms with Gasteiger partial charge in [0.2, 0.25) is 0 Å². The summed E-state index contributed by atoms with van der Waals surface area (Å²) in [6.45, 7) is 4.75. The van der Waals surface area contributed by atoms with E-state index in [1.807, 2.05) is 23.7 Å². The second kappa shape index (κ2) is 6.70. The summed E-state index contributed by atoms with van der Waals surface area (Å²) >= 11 is 5.47. The standard InChI is InChI=1S/C21H22N4OS/c1-13(2)17-11-16(5-7-19(17)26)20-22-23-21(27)25(20)12-14-4-6-18-15(10-14)8-9-24(18)3/h4-11,13,26H,12H2,1-3H3,(H,23,27). The molecule has 0 aliphatic heterocycles. The first-order chi connectivity index (χ1) is 12.9. The maximum absolute atomic E-state index is 10.1. The molecule has 0 bridgehead atoms. The summed E-state index contributed by atoms with van der Waals surface area (Å²) in [6.07, 6.45) is 2.06. The van der Waals surface area contributed by atoms with Crippen molar-refractivity contribution in [3.63, 3.8) is 0 Å². The minimum atomic E-state index is 0.223. The normalized spacial score (nSPS) is 11.6. The van der Waals surface area contributed by atoms with E-state index in [1.165, 1.54) is 10.9 Å². The van der Waals surface area contributed by atoms with Crippen LogP contribution in [0.2, 0.25) is 0 Å². The maximum Gasteiger partial charge on any atom is 0.195 e. The fraction of sp³-hybridized carbons (Fsp3) is 0.238. The van der Waals surface area contributed by atoms with Crippen LogP contribution in [0.1, 0.15) is 30.9 Å². The maximum atomic E-state index is 10.1. The summed E-state index contributed by atoms with van der Waals surface area (Å²) in [5, 5.41) is 18.7. The van der Waals surface area contributed by atoms with Gasteiger partial charge in [0.25, 0.3) is 0 Å². The minimum Gasteiger partial charge on any atom is -0.508 e. The number of benzene rings is 2. The molecular formula is C21H22N4OS. The van der Waals surface area contributed by atoms with E-state index in [1.54, 1.807) is 6.07 Å². The average molecular weight is 379 g/mol. The van der Waals surface area contributed by atoms with Gasteiger partial charge in [0.1, 0.15) is 5.75 Å². The number of aromatic nitrogens is 4. The number of aromatic hydroxyl groups is 1. The van der Waals surface area contributed by atoms with Gasteiger partial charge >= 0.3 is 0 Å². The van der Waals surface area contributed by atoms with Crippen LogP contribution in [0.15, 0.2) is 48.7 Å². The first kappa shape index (κ1) is 17.5. The Hall–Kier alpha value is -2.86. The van der Waals surface area contributed by atoms with Crippen molar-refractivity contribution in [3.05, 3.63) is 64.6 Å². The number of rotatable bonds is 4. The molecule has 2 heterocycles. The molecule has 0 unspecified atom stereocenters. The molecule has 0 atom stereocenters. The van der Waals surface area contributed by atoms with E-state index in [0.29, 0.717) is 17.1 Å². The van der Waals surface area contributed by atoms with E-state index in [2.05, 4.69) is 59.1 Å². The van der Waals surface area contributed by atoms with Crippen LogP contribution in [0.4, 0.5) is 0 Å². The molecule has 4 aromatic rings. The number of phenolic OH excluding ortho intramolecular Hbond substituents is 1. The summed E-state index contributed by atoms with van der Waals surface area (Å²) in [7, 11) is 2.05. The summed E-state index contributed by atoms with van der Waals surface area (Å²) in [4.78, 5) is 0. The number of nitrogens with zero attached hydrogens (tertiary/aromatic N) is 3. The van der Waals surface area contributed by atoms with Gasteiger partial charge in [-0.05, 0) is 71.0 Å². The Morgan fingerprint density at radius 3 is 2.74 bits per heavy atom. The molecule has 0 amide bonds. The Morgan fingerprint density at radius 2 is 1.96 bits per heavy atom. The molecule has 4 rings (SSSR count). The lowest BCUT2D eigenvalue weighted by Crippen LogP contribution is -2.03. The van der Waals surface area contributed by atoms with Gasteiger partial charge in [0.05, 0.1) is 6.54 Å². The predicted octanol–water partition coefficient (Wildman–Crippen LogP) is 4.98. The molecule has 27 heavy (non-hydrogen) atoms. The molecule has 2 aromatic carbocycles. The Morgan fingerprint density at radius 1 is 1.15 bits per heavy atom. The van der Waals surface area contributed by atoms with Gasteiger partial charge in [-0.1, -0.05) is 19.9 Å². The molecular weight excluding hydrogens is 356 g/mol. The first-order valence-electron chi connectivity index (χ1n) is 8.96. The summed E-state index contributed by atoms with van der Waals surface area (Å²) < 4.78 is 4.69. The van der Waals surface area contributed by atoms with Gasteiger partial charge in [0, 0.05) is 24.3 Å². The van der Waals surface area contributed by atoms with Crippen molar-refractivity contribution in [2.24, 2.45) is 7.05 Å². The number of H-pyrrole nitrogens is 1. The van der Waals surface area contributed by atoms with Crippen molar-refractivity contribution >= 4 is 23.1 Å². The summed E-state index contributed by atoms with van der Waals surface area (Å²) in [6, 6.07) is 14.1. The largest absolute Gasteiger partial charge is 0.508 e. The number of phenols is 1. The highest BCUT2D eigenvalue weighted by atomic mass is 32.1. The summed E-state index contributed by atoms with van der Waals surface area (Å²) in [5.74, 6) is 1.31. The SMILES string of the molecule is CC(C)c1cc(-c2n[nH]c(=S)n2Cc2ccc3c(ccn3C)c2)ccc1O. The minimum absolute atomic E-state index is 0.223. The van der Waals surface area contributed by atoms with Crippen molar-refractivity contribution in [2.75, 3.05) is 0 Å². The van der Waals surface area contributed by atoms with Crippen LogP contribution in [0.5, 0.6) is 5.75 Å². The third-order valence-electron chi connectivity index (χ3n) is 4.96. The Bertz CT molecular complexity index is 1180. The number of aryl methyl sites for hydroxylation is 1. The van der Waals surface area contributed by atoms with Gasteiger partial charge in [-0.3, -0.25) is 9.67 Å². The molecule has 6 heteroatoms. The zero-order chi connectivity index (χ0) is 19.1. The van der Waals surface area contributed by atoms with Crippen LogP contribution in [0.25, 0.3) is 22.3 Å². The van der Waals surface area contributed by atoms with Crippen LogP contribution in [-0.2, 0) is 13.6 Å². The Balaban J connectivity index is 1.75. The van der Waals surface area contributed by atoms with Crippen LogP contribution < -0.4 is 0 Å². The third kappa shape index (κ3) is 3.17. The van der Waals surface area contributed by atoms with Crippen molar-refractivity contribution in [1.82, 2.24) is 19.3 Å². The van der Waals surface area contributed by atoms with Gasteiger partial charge in [-0.2, -0.15) is 5.10 Å². The van der Waals surface area contributed by atoms with E-state index in [0.717, 1.165) is 22.5 Å². The second-order valence-corrected chi connectivity index (χ2v) is 7.57. The lowest BCUT2D eigenvalue weighted by Gasteiger charge is -2.12. The molecule has 5 nitrogen and oxygen atoms in total. The first-order valence-corrected chi connectivity index (χ1v) is 9.37. The topological polar surface area (TPSA) is 58.8 Å². The van der Waals surface area contributed by atoms with Crippen molar-refractivity contribution in [2.45, 2.75) is 26.3 Å². The van der Waals surface area contributed by atoms with Crippen LogP contribution >= 0.6 is 12.2 Å². The number of fused-ring (bicyclic) bond motifs is 1. The van der Waals surface area contributed by atoms with E-state index in [-0.39, 0.29) is 5.92 Å². The fourth-order valence-electron chi connectivity index (χ4n) is 3.45. The molecule has 2 N–H and O–H groups in total. The Labute approximate surface area is 162 Å². The van der Waals surface area contributed by atoms with E-state index < -0.39 is 0 Å². The fourth-order valence-corrected chi connectivity index (χ4v) is 3.65. The van der Waals surface area contributed by atoms with E-state index in [4.69, 9.17) is 12.2 Å². The van der Waals surface area contributed by atoms with Gasteiger partial charge in [-0.15, -0.1) is 0 Å². The van der Waals surface area contributed by atoms with Gasteiger partial charge < -0.3 is 9.67 Å². The van der Waals surface area contributed by atoms with Gasteiger partial charge in [-0.25, -0.2) is 0 Å². The highest BCUT2D eigenvalue weighted by Gasteiger charge is 2.14. The molecule has 0 aliphatic carbocycles.